The van der Waals surface area contributed by atoms with Crippen molar-refractivity contribution in [2.24, 2.45) is 0 Å². The smallest absolute Gasteiger partial charge is 0.275 e. The normalized spacial score (nSPS) is 15.2. The number of carbonyl (C=O) groups excluding carboxylic acids is 2. The molecule has 0 saturated carbocycles. The molecule has 7 nitrogen and oxygen atoms in total. The Bertz CT molecular complexity index is 1080. The van der Waals surface area contributed by atoms with Crippen molar-refractivity contribution in [2.75, 3.05) is 6.54 Å². The van der Waals surface area contributed by atoms with Crippen molar-refractivity contribution in [2.45, 2.75) is 26.4 Å². The minimum Gasteiger partial charge on any atom is -0.487 e. The summed E-state index contributed by atoms with van der Waals surface area (Å²) < 4.78 is 24.7. The average molecular weight is 401 g/mol. The van der Waals surface area contributed by atoms with Crippen LogP contribution in [0.4, 0.5) is 4.39 Å². The van der Waals surface area contributed by atoms with Crippen LogP contribution in [0, 0.1) is 12.7 Å². The van der Waals surface area contributed by atoms with Gasteiger partial charge in [0.15, 0.2) is 11.5 Å². The zero-order valence-electron chi connectivity index (χ0n) is 15.1. The maximum atomic E-state index is 14.1. The number of aryl methyl sites for hydroxylation is 1. The summed E-state index contributed by atoms with van der Waals surface area (Å²) in [7, 11) is 0. The fourth-order valence-electron chi connectivity index (χ4n) is 3.09. The van der Waals surface area contributed by atoms with E-state index in [1.165, 1.54) is 30.4 Å². The van der Waals surface area contributed by atoms with Gasteiger partial charge < -0.3 is 10.1 Å². The monoisotopic (exact) mass is 401 g/mol. The number of fused-ring (bicyclic) bond motifs is 1. The number of Topliss-reactive ketones (excluding diaryl/α,β-unsaturated/α-hetero) is 1. The van der Waals surface area contributed by atoms with Crippen molar-refractivity contribution in [1.82, 2.24) is 15.6 Å². The highest BCUT2D eigenvalue weighted by Gasteiger charge is 2.28. The molecule has 3 heterocycles. The van der Waals surface area contributed by atoms with E-state index in [0.29, 0.717) is 28.3 Å². The lowest BCUT2D eigenvalue weighted by Crippen LogP contribution is -2.34. The third kappa shape index (κ3) is 3.40. The van der Waals surface area contributed by atoms with E-state index in [0.717, 1.165) is 10.4 Å². The zero-order chi connectivity index (χ0) is 19.8. The van der Waals surface area contributed by atoms with Gasteiger partial charge in [0.05, 0.1) is 11.4 Å². The van der Waals surface area contributed by atoms with Crippen molar-refractivity contribution in [3.63, 3.8) is 0 Å². The molecule has 1 aliphatic heterocycles. The van der Waals surface area contributed by atoms with Crippen molar-refractivity contribution >= 4 is 23.0 Å². The van der Waals surface area contributed by atoms with Crippen LogP contribution in [0.5, 0.6) is 5.75 Å². The van der Waals surface area contributed by atoms with Gasteiger partial charge in [0.25, 0.3) is 5.91 Å². The number of amides is 1. The molecule has 1 atom stereocenters. The summed E-state index contributed by atoms with van der Waals surface area (Å²) in [6.07, 6.45) is 0.119. The van der Waals surface area contributed by atoms with Gasteiger partial charge >= 0.3 is 0 Å². The van der Waals surface area contributed by atoms with Crippen molar-refractivity contribution in [1.29, 1.82) is 0 Å². The van der Waals surface area contributed by atoms with E-state index in [9.17, 15) is 14.0 Å². The van der Waals surface area contributed by atoms with Crippen LogP contribution in [-0.2, 0) is 6.42 Å². The van der Waals surface area contributed by atoms with Crippen LogP contribution in [0.3, 0.4) is 0 Å². The highest BCUT2D eigenvalue weighted by Crippen LogP contribution is 2.42. The van der Waals surface area contributed by atoms with Gasteiger partial charge in [0.1, 0.15) is 23.4 Å². The second kappa shape index (κ2) is 7.16. The number of aromatic nitrogens is 2. The molecule has 0 saturated heterocycles. The molecular formula is C19H16FN3O4S. The van der Waals surface area contributed by atoms with Crippen molar-refractivity contribution in [3.05, 3.63) is 51.9 Å². The maximum Gasteiger partial charge on any atom is 0.275 e. The van der Waals surface area contributed by atoms with E-state index in [2.05, 4.69) is 20.3 Å². The topological polar surface area (TPSA) is 94.3 Å². The summed E-state index contributed by atoms with van der Waals surface area (Å²) in [5, 5.41) is 9.88. The van der Waals surface area contributed by atoms with Crippen LogP contribution in [0.15, 0.2) is 28.9 Å². The number of hydrogen-bond donors (Lipinski definition) is 1. The Morgan fingerprint density at radius 2 is 2.14 bits per heavy atom. The van der Waals surface area contributed by atoms with E-state index in [-0.39, 0.29) is 29.9 Å². The van der Waals surface area contributed by atoms with E-state index in [1.54, 1.807) is 19.1 Å². The molecule has 1 aliphatic rings. The largest absolute Gasteiger partial charge is 0.487 e. The van der Waals surface area contributed by atoms with Crippen LogP contribution < -0.4 is 10.1 Å². The Hall–Kier alpha value is -3.07. The predicted molar refractivity (Wildman–Crippen MR) is 99.2 cm³/mol. The Morgan fingerprint density at radius 1 is 1.32 bits per heavy atom. The third-order valence-corrected chi connectivity index (χ3v) is 5.66. The molecule has 0 bridgehead atoms. The minimum atomic E-state index is -0.408. The highest BCUT2D eigenvalue weighted by molar-refractivity contribution is 7.17. The molecule has 0 aliphatic carbocycles. The lowest BCUT2D eigenvalue weighted by Gasteiger charge is -2.12. The molecule has 0 radical (unpaired) electrons. The zero-order valence-corrected chi connectivity index (χ0v) is 15.9. The molecule has 3 aromatic rings. The average Bonchev–Trinajstić information content (AvgIpc) is 3.37. The van der Waals surface area contributed by atoms with Crippen molar-refractivity contribution in [3.8, 4) is 16.2 Å². The fourth-order valence-corrected chi connectivity index (χ4v) is 4.01. The van der Waals surface area contributed by atoms with E-state index >= 15 is 0 Å². The van der Waals surface area contributed by atoms with Gasteiger partial charge in [-0.1, -0.05) is 5.16 Å². The summed E-state index contributed by atoms with van der Waals surface area (Å²) in [6.45, 7) is 3.34. The third-order valence-electron chi connectivity index (χ3n) is 4.44. The molecule has 1 N–H and O–H groups in total. The fraction of sp³-hybridized carbons (Fsp3) is 0.263. The number of ether oxygens (including phenoxy) is 1. The van der Waals surface area contributed by atoms with Gasteiger partial charge in [-0.2, -0.15) is 0 Å². The van der Waals surface area contributed by atoms with Gasteiger partial charge in [0.2, 0.25) is 0 Å². The lowest BCUT2D eigenvalue weighted by molar-refractivity contribution is 0.0923. The van der Waals surface area contributed by atoms with E-state index in [1.807, 2.05) is 0 Å². The molecule has 1 unspecified atom stereocenters. The van der Waals surface area contributed by atoms with Gasteiger partial charge in [-0.15, -0.1) is 11.3 Å². The second-order valence-electron chi connectivity index (χ2n) is 6.51. The number of ketones is 1. The summed E-state index contributed by atoms with van der Waals surface area (Å²) in [5.74, 6) is -0.237. The van der Waals surface area contributed by atoms with Gasteiger partial charge in [-0.25, -0.2) is 9.02 Å². The Labute approximate surface area is 163 Å². The van der Waals surface area contributed by atoms with E-state index < -0.39 is 5.91 Å². The van der Waals surface area contributed by atoms with Gasteiger partial charge in [-0.3, -0.25) is 9.59 Å². The number of nitrogens with one attached hydrogen (secondary N) is 1. The molecule has 1 amide bonds. The second-order valence-corrected chi connectivity index (χ2v) is 7.60. The number of nitrogens with zero attached hydrogens (tertiary/aromatic N) is 2. The first-order valence-electron chi connectivity index (χ1n) is 8.60. The number of thiophene rings is 1. The highest BCUT2D eigenvalue weighted by atomic mass is 32.1. The molecule has 2 aromatic heterocycles. The number of halogens is 1. The standard InChI is InChI=1S/C19H16FN3O4S/c1-9-17(23-27-22-9)19(25)21-8-13-6-11-5-12(20)7-14(18(11)26-13)16-4-3-15(28-16)10(2)24/h3-5,7,13H,6,8H2,1-2H3,(H,21,25). The van der Waals surface area contributed by atoms with Gasteiger partial charge in [0, 0.05) is 22.4 Å². The number of carbonyl (C=O) groups is 2. The first-order valence-corrected chi connectivity index (χ1v) is 9.41. The Kier molecular flexibility index (Phi) is 4.68. The first-order chi connectivity index (χ1) is 13.4. The van der Waals surface area contributed by atoms with Crippen LogP contribution in [-0.4, -0.2) is 34.7 Å². The maximum absolute atomic E-state index is 14.1. The predicted octanol–water partition coefficient (Wildman–Crippen LogP) is 3.18. The van der Waals surface area contributed by atoms with Gasteiger partial charge in [-0.05, 0) is 43.3 Å². The van der Waals surface area contributed by atoms with E-state index in [4.69, 9.17) is 4.74 Å². The number of rotatable bonds is 5. The summed E-state index contributed by atoms with van der Waals surface area (Å²) in [6, 6.07) is 6.35. The van der Waals surface area contributed by atoms with Crippen molar-refractivity contribution < 1.29 is 23.3 Å². The molecule has 0 fully saturated rings. The summed E-state index contributed by atoms with van der Waals surface area (Å²) in [4.78, 5) is 25.1. The molecule has 28 heavy (non-hydrogen) atoms. The number of benzene rings is 1. The summed E-state index contributed by atoms with van der Waals surface area (Å²) >= 11 is 1.30. The molecule has 9 heteroatoms. The Balaban J connectivity index is 1.52. The minimum absolute atomic E-state index is 0.0385. The molecule has 1 aromatic carbocycles. The van der Waals surface area contributed by atoms with Crippen LogP contribution >= 0.6 is 11.3 Å². The quantitative estimate of drug-likeness (QED) is 0.660. The summed E-state index contributed by atoms with van der Waals surface area (Å²) in [5.41, 5.74) is 1.86. The molecule has 4 rings (SSSR count). The Morgan fingerprint density at radius 3 is 2.82 bits per heavy atom. The molecule has 144 valence electrons. The first kappa shape index (κ1) is 18.3. The molecule has 0 spiro atoms. The SMILES string of the molecule is CC(=O)c1ccc(-c2cc(F)cc3c2OC(CNC(=O)c2nonc2C)C3)s1. The lowest BCUT2D eigenvalue weighted by atomic mass is 10.0. The molecular weight excluding hydrogens is 385 g/mol. The number of hydrogen-bond acceptors (Lipinski definition) is 7. The van der Waals surface area contributed by atoms with Crippen LogP contribution in [0.1, 0.15) is 38.3 Å². The van der Waals surface area contributed by atoms with Crippen LogP contribution in [0.25, 0.3) is 10.4 Å². The van der Waals surface area contributed by atoms with Crippen LogP contribution in [0.2, 0.25) is 0 Å².